The number of fused-ring (bicyclic) bond motifs is 2. The number of rotatable bonds is 6. The zero-order valence-corrected chi connectivity index (χ0v) is 16.3. The minimum atomic E-state index is -0.298. The number of carbonyl (C=O) groups excluding carboxylic acids is 1. The summed E-state index contributed by atoms with van der Waals surface area (Å²) in [6.07, 6.45) is 4.70. The Balaban J connectivity index is 1.53. The topological polar surface area (TPSA) is 84.2 Å². The number of hydrogen-bond acceptors (Lipinski definition) is 6. The molecule has 3 aromatic heterocycles. The Morgan fingerprint density at radius 3 is 2.93 bits per heavy atom. The van der Waals surface area contributed by atoms with Gasteiger partial charge in [-0.05, 0) is 42.7 Å². The second-order valence-electron chi connectivity index (χ2n) is 5.91. The van der Waals surface area contributed by atoms with E-state index in [-0.39, 0.29) is 12.1 Å². The Labute approximate surface area is 164 Å². The average Bonchev–Trinajstić information content (AvgIpc) is 3.28. The first-order valence-corrected chi connectivity index (χ1v) is 10.7. The summed E-state index contributed by atoms with van der Waals surface area (Å²) in [5.74, 6) is 1.62. The molecule has 0 aliphatic carbocycles. The van der Waals surface area contributed by atoms with Gasteiger partial charge < -0.3 is 5.32 Å². The van der Waals surface area contributed by atoms with Gasteiger partial charge in [0.2, 0.25) is 0 Å². The monoisotopic (exact) mass is 398 g/mol. The van der Waals surface area contributed by atoms with Gasteiger partial charge in [0, 0.05) is 6.20 Å². The summed E-state index contributed by atoms with van der Waals surface area (Å²) in [4.78, 5) is 17.0. The molecule has 0 fully saturated rings. The van der Waals surface area contributed by atoms with Gasteiger partial charge in [0.1, 0.15) is 0 Å². The minimum absolute atomic E-state index is 0.246. The summed E-state index contributed by atoms with van der Waals surface area (Å²) < 4.78 is 2.94. The van der Waals surface area contributed by atoms with Crippen LogP contribution in [0.3, 0.4) is 0 Å². The van der Waals surface area contributed by atoms with Gasteiger partial charge in [0.25, 0.3) is 0 Å². The number of nitrogens with zero attached hydrogens (tertiary/aromatic N) is 4. The normalized spacial score (nSPS) is 12.3. The zero-order chi connectivity index (χ0) is 18.6. The largest absolute Gasteiger partial charge is 0.328 e. The molecule has 2 N–H and O–H groups in total. The van der Waals surface area contributed by atoms with Crippen molar-refractivity contribution in [3.05, 3.63) is 54.5 Å². The smallest absolute Gasteiger partial charge is 0.321 e. The minimum Gasteiger partial charge on any atom is -0.328 e. The number of benzene rings is 1. The number of nitrogens with one attached hydrogen (secondary N) is 2. The molecule has 138 valence electrons. The molecule has 3 heterocycles. The van der Waals surface area contributed by atoms with Gasteiger partial charge in [-0.3, -0.25) is 9.72 Å². The maximum absolute atomic E-state index is 12.6. The van der Waals surface area contributed by atoms with E-state index in [0.29, 0.717) is 5.13 Å². The highest BCUT2D eigenvalue weighted by molar-refractivity contribution is 7.98. The summed E-state index contributed by atoms with van der Waals surface area (Å²) in [5, 5.41) is 14.9. The second kappa shape index (κ2) is 7.93. The van der Waals surface area contributed by atoms with Gasteiger partial charge in [-0.25, -0.2) is 9.78 Å². The molecule has 0 spiro atoms. The number of anilines is 1. The molecule has 2 amide bonds. The Morgan fingerprint density at radius 2 is 2.07 bits per heavy atom. The lowest BCUT2D eigenvalue weighted by Crippen LogP contribution is -2.34. The molecule has 4 rings (SSSR count). The number of amides is 2. The second-order valence-corrected chi connectivity index (χ2v) is 7.92. The van der Waals surface area contributed by atoms with Crippen molar-refractivity contribution in [2.24, 2.45) is 0 Å². The average molecular weight is 399 g/mol. The highest BCUT2D eigenvalue weighted by Crippen LogP contribution is 2.25. The molecule has 4 aromatic rings. The molecule has 7 nitrogen and oxygen atoms in total. The summed E-state index contributed by atoms with van der Waals surface area (Å²) in [6.45, 7) is 0. The van der Waals surface area contributed by atoms with Crippen LogP contribution in [0.1, 0.15) is 18.3 Å². The lowest BCUT2D eigenvalue weighted by atomic mass is 10.2. The fourth-order valence-electron chi connectivity index (χ4n) is 2.82. The van der Waals surface area contributed by atoms with Crippen molar-refractivity contribution in [1.82, 2.24) is 24.9 Å². The van der Waals surface area contributed by atoms with Crippen LogP contribution < -0.4 is 10.6 Å². The first kappa shape index (κ1) is 17.7. The van der Waals surface area contributed by atoms with E-state index in [0.717, 1.165) is 33.9 Å². The van der Waals surface area contributed by atoms with Crippen LogP contribution in [0.25, 0.3) is 15.9 Å². The van der Waals surface area contributed by atoms with Crippen LogP contribution in [-0.4, -0.2) is 37.6 Å². The summed E-state index contributed by atoms with van der Waals surface area (Å²) in [6, 6.07) is 13.0. The molecular weight excluding hydrogens is 380 g/mol. The van der Waals surface area contributed by atoms with E-state index in [2.05, 4.69) is 25.8 Å². The highest BCUT2D eigenvalue weighted by atomic mass is 32.2. The highest BCUT2D eigenvalue weighted by Gasteiger charge is 2.20. The molecule has 9 heteroatoms. The predicted molar refractivity (Wildman–Crippen MR) is 111 cm³/mol. The molecule has 0 radical (unpaired) electrons. The first-order valence-electron chi connectivity index (χ1n) is 8.46. The van der Waals surface area contributed by atoms with E-state index in [4.69, 9.17) is 0 Å². The predicted octanol–water partition coefficient (Wildman–Crippen LogP) is 3.95. The van der Waals surface area contributed by atoms with Gasteiger partial charge in [-0.15, -0.1) is 10.2 Å². The molecule has 0 aliphatic heterocycles. The fourth-order valence-corrected chi connectivity index (χ4v) is 4.15. The molecule has 27 heavy (non-hydrogen) atoms. The molecular formula is C18H18N6OS2. The third kappa shape index (κ3) is 3.88. The molecule has 1 aromatic carbocycles. The van der Waals surface area contributed by atoms with Gasteiger partial charge in [0.15, 0.2) is 16.6 Å². The number of aromatic nitrogens is 4. The van der Waals surface area contributed by atoms with E-state index in [1.54, 1.807) is 11.8 Å². The summed E-state index contributed by atoms with van der Waals surface area (Å²) >= 11 is 3.18. The van der Waals surface area contributed by atoms with Crippen LogP contribution in [0, 0.1) is 0 Å². The van der Waals surface area contributed by atoms with Crippen molar-refractivity contribution in [3.63, 3.8) is 0 Å². The summed E-state index contributed by atoms with van der Waals surface area (Å²) in [7, 11) is 0. The number of carbonyl (C=O) groups is 1. The van der Waals surface area contributed by atoms with Gasteiger partial charge >= 0.3 is 6.03 Å². The van der Waals surface area contributed by atoms with E-state index in [1.165, 1.54) is 11.3 Å². The van der Waals surface area contributed by atoms with Crippen molar-refractivity contribution in [2.45, 2.75) is 12.5 Å². The third-order valence-electron chi connectivity index (χ3n) is 4.08. The zero-order valence-electron chi connectivity index (χ0n) is 14.6. The quantitative estimate of drug-likeness (QED) is 0.514. The maximum Gasteiger partial charge on any atom is 0.321 e. The van der Waals surface area contributed by atoms with Crippen LogP contribution in [0.5, 0.6) is 0 Å². The van der Waals surface area contributed by atoms with E-state index >= 15 is 0 Å². The van der Waals surface area contributed by atoms with Crippen LogP contribution in [0.4, 0.5) is 9.93 Å². The third-order valence-corrected chi connectivity index (χ3v) is 5.68. The molecule has 0 bridgehead atoms. The molecule has 1 atom stereocenters. The Kier molecular flexibility index (Phi) is 5.21. The lowest BCUT2D eigenvalue weighted by molar-refractivity contribution is 0.247. The summed E-state index contributed by atoms with van der Waals surface area (Å²) in [5.41, 5.74) is 1.63. The molecule has 0 saturated heterocycles. The van der Waals surface area contributed by atoms with Crippen molar-refractivity contribution in [3.8, 4) is 0 Å². The number of thioether (sulfide) groups is 1. The molecule has 0 aliphatic rings. The van der Waals surface area contributed by atoms with Crippen molar-refractivity contribution >= 4 is 50.1 Å². The standard InChI is InChI=1S/C18H18N6OS2/c1-26-11-9-13(16-23-22-15-8-4-5-10-24(15)16)19-17(25)21-18-20-12-6-2-3-7-14(12)27-18/h2-8,10,13H,9,11H2,1H3,(H2,19,20,21,25). The van der Waals surface area contributed by atoms with Gasteiger partial charge in [0.05, 0.1) is 16.3 Å². The number of urea groups is 1. The van der Waals surface area contributed by atoms with E-state index in [9.17, 15) is 4.79 Å². The lowest BCUT2D eigenvalue weighted by Gasteiger charge is -2.16. The van der Waals surface area contributed by atoms with Crippen molar-refractivity contribution in [2.75, 3.05) is 17.3 Å². The number of hydrogen-bond donors (Lipinski definition) is 2. The van der Waals surface area contributed by atoms with Crippen molar-refractivity contribution in [1.29, 1.82) is 0 Å². The van der Waals surface area contributed by atoms with Gasteiger partial charge in [-0.2, -0.15) is 11.8 Å². The van der Waals surface area contributed by atoms with Crippen LogP contribution in [-0.2, 0) is 0 Å². The first-order chi connectivity index (χ1) is 13.2. The maximum atomic E-state index is 12.6. The number of pyridine rings is 1. The Bertz CT molecular complexity index is 1040. The van der Waals surface area contributed by atoms with Crippen LogP contribution >= 0.6 is 23.1 Å². The Morgan fingerprint density at radius 1 is 1.22 bits per heavy atom. The fraction of sp³-hybridized carbons (Fsp3) is 0.222. The van der Waals surface area contributed by atoms with Gasteiger partial charge in [-0.1, -0.05) is 29.5 Å². The van der Waals surface area contributed by atoms with Crippen molar-refractivity contribution < 1.29 is 4.79 Å². The van der Waals surface area contributed by atoms with E-state index < -0.39 is 0 Å². The van der Waals surface area contributed by atoms with Crippen LogP contribution in [0.2, 0.25) is 0 Å². The van der Waals surface area contributed by atoms with Crippen LogP contribution in [0.15, 0.2) is 48.7 Å². The number of para-hydroxylation sites is 1. The number of thiazole rings is 1. The molecule has 0 saturated carbocycles. The van der Waals surface area contributed by atoms with E-state index in [1.807, 2.05) is 59.3 Å². The Hall–Kier alpha value is -2.65. The molecule has 1 unspecified atom stereocenters. The SMILES string of the molecule is CSCCC(NC(=O)Nc1nc2ccccc2s1)c1nnc2ccccn12.